The number of phenolic OH excluding ortho intramolecular Hbond substituents is 1. The maximum Gasteiger partial charge on any atom is 0.152 e. The highest BCUT2D eigenvalue weighted by Crippen LogP contribution is 2.35. The Balaban J connectivity index is 0.000000268. The van der Waals surface area contributed by atoms with Crippen molar-refractivity contribution in [2.24, 2.45) is 0 Å². The second-order valence-corrected chi connectivity index (χ2v) is 22.5. The van der Waals surface area contributed by atoms with Crippen LogP contribution in [0.1, 0.15) is 151 Å². The number of benzene rings is 6. The van der Waals surface area contributed by atoms with E-state index in [9.17, 15) is 46.0 Å². The molecule has 4 aromatic heterocycles. The molecule has 0 aliphatic carbocycles. The number of furan rings is 4. The van der Waals surface area contributed by atoms with Crippen molar-refractivity contribution in [3.05, 3.63) is 282 Å². The second-order valence-electron chi connectivity index (χ2n) is 22.5. The summed E-state index contributed by atoms with van der Waals surface area (Å²) < 4.78 is 33.9. The van der Waals surface area contributed by atoms with Crippen LogP contribution in [-0.2, 0) is 71.9 Å². The van der Waals surface area contributed by atoms with Gasteiger partial charge >= 0.3 is 0 Å². The first-order chi connectivity index (χ1) is 44.8. The number of aliphatic hydroxyl groups is 11. The van der Waals surface area contributed by atoms with Crippen molar-refractivity contribution >= 4 is 0 Å². The van der Waals surface area contributed by atoms with Gasteiger partial charge in [0.2, 0.25) is 0 Å². The smallest absolute Gasteiger partial charge is 0.152 e. The number of ether oxygens (including phenoxy) is 2. The first-order valence-electron chi connectivity index (χ1n) is 30.2. The monoisotopic (exact) mass is 1310 g/mol. The molecule has 0 aliphatic heterocycles. The summed E-state index contributed by atoms with van der Waals surface area (Å²) >= 11 is 0. The third kappa shape index (κ3) is 21.9. The fourth-order valence-corrected chi connectivity index (χ4v) is 10.1. The number of aliphatic hydroxyl groups excluding tert-OH is 11. The summed E-state index contributed by atoms with van der Waals surface area (Å²) in [6.45, 7) is 7.77. The summed E-state index contributed by atoms with van der Waals surface area (Å²) in [6, 6.07) is 45.2. The lowest BCUT2D eigenvalue weighted by molar-refractivity contribution is 0.000305. The summed E-state index contributed by atoms with van der Waals surface area (Å²) in [5.41, 5.74) is 11.0. The molecule has 4 heterocycles. The molecule has 0 fully saturated rings. The van der Waals surface area contributed by atoms with Gasteiger partial charge in [-0.05, 0) is 181 Å². The van der Waals surface area contributed by atoms with Crippen LogP contribution in [0.4, 0.5) is 0 Å². The number of rotatable bonds is 25. The van der Waals surface area contributed by atoms with Crippen LogP contribution in [0.5, 0.6) is 23.0 Å². The fraction of sp³-hybridized carbons (Fsp3) is 0.316. The number of hydrogen-bond acceptors (Lipinski definition) is 19. The Kier molecular flexibility index (Phi) is 30.7. The average molecular weight is 1310 g/mol. The largest absolute Gasteiger partial charge is 0.507 e. The summed E-state index contributed by atoms with van der Waals surface area (Å²) in [6.07, 6.45) is -0.422. The van der Waals surface area contributed by atoms with E-state index in [1.54, 1.807) is 66.9 Å². The predicted molar refractivity (Wildman–Crippen MR) is 360 cm³/mol. The van der Waals surface area contributed by atoms with Crippen LogP contribution in [0.3, 0.4) is 0 Å². The third-order valence-corrected chi connectivity index (χ3v) is 15.5. The van der Waals surface area contributed by atoms with Crippen LogP contribution in [0.25, 0.3) is 0 Å². The minimum absolute atomic E-state index is 0. The van der Waals surface area contributed by atoms with Gasteiger partial charge in [-0.15, -0.1) is 0 Å². The molecule has 0 saturated carbocycles. The zero-order valence-electron chi connectivity index (χ0n) is 52.8. The van der Waals surface area contributed by atoms with Crippen molar-refractivity contribution in [1.82, 2.24) is 0 Å². The van der Waals surface area contributed by atoms with E-state index in [4.69, 9.17) is 47.6 Å². The van der Waals surface area contributed by atoms with Crippen molar-refractivity contribution in [2.75, 3.05) is 13.2 Å². The van der Waals surface area contributed by atoms with Crippen LogP contribution < -0.4 is 9.47 Å². The third-order valence-electron chi connectivity index (χ3n) is 15.5. The lowest BCUT2D eigenvalue weighted by atomic mass is 9.95. The molecule has 0 spiro atoms. The quantitative estimate of drug-likeness (QED) is 0.0253. The predicted octanol–water partition coefficient (Wildman–Crippen LogP) is 11.1. The first-order valence-corrected chi connectivity index (χ1v) is 30.2. The van der Waals surface area contributed by atoms with Crippen molar-refractivity contribution in [3.63, 3.8) is 0 Å². The summed E-state index contributed by atoms with van der Waals surface area (Å²) in [5.74, 6) is 5.79. The zero-order chi connectivity index (χ0) is 67.1. The Morgan fingerprint density at radius 3 is 1.29 bits per heavy atom. The molecule has 510 valence electrons. The molecule has 4 atom stereocenters. The van der Waals surface area contributed by atoms with Gasteiger partial charge in [-0.25, -0.2) is 0 Å². The minimum atomic E-state index is -1.05. The molecule has 6 aromatic carbocycles. The van der Waals surface area contributed by atoms with Crippen LogP contribution in [0.2, 0.25) is 0 Å². The van der Waals surface area contributed by atoms with E-state index in [2.05, 4.69) is 0 Å². The highest BCUT2D eigenvalue weighted by molar-refractivity contribution is 5.50. The number of aromatic hydroxyl groups is 2. The number of hydrogen-bond donors (Lipinski definition) is 13. The second kappa shape index (κ2) is 37.9. The van der Waals surface area contributed by atoms with Gasteiger partial charge in [-0.3, -0.25) is 0 Å². The standard InChI is InChI=1S/C37H40O8.C18H22O4.C10H10O3.C9H12O4.2CH4/c1-22-4-11-34(45-35(21-40)37(42)26-6-5-23(2)24(3)13-26)27(12-22)16-28-14-25(19-38)15-29(36(28)41)17-30-7-8-31(43-30)18-32-9-10-33(20-39)44-32;1-12-3-7-16(8-4-12)22-17(11-20)18(21)14-6-5-13(2)15(9-14)10-19;11-7-10-4-3-9(13-10)6-8-2-1-5-12-8;10-3-6-1-7(4-11)9(13)8(2-6)5-12;;/h4-15,35,37-42H,16-21H2,1-3H3;3-9,17-21H,10-11H2,1-2H3;1-5,11H,6-7H2;1-2,10-13H,3-5H2;2*1H4. The van der Waals surface area contributed by atoms with Crippen molar-refractivity contribution in [3.8, 4) is 23.0 Å². The summed E-state index contributed by atoms with van der Waals surface area (Å²) in [4.78, 5) is 0. The van der Waals surface area contributed by atoms with E-state index in [-0.39, 0.29) is 85.6 Å². The van der Waals surface area contributed by atoms with E-state index in [0.717, 1.165) is 50.5 Å². The topological polar surface area (TPSA) is 334 Å². The minimum Gasteiger partial charge on any atom is -0.507 e. The molecule has 0 radical (unpaired) electrons. The molecule has 10 aromatic rings. The first kappa shape index (κ1) is 76.9. The number of aryl methyl sites for hydroxylation is 5. The molecule has 0 amide bonds. The van der Waals surface area contributed by atoms with Gasteiger partial charge in [0.15, 0.2) is 12.2 Å². The van der Waals surface area contributed by atoms with E-state index < -0.39 is 31.0 Å². The average Bonchev–Trinajstić information content (AvgIpc) is 1.47. The molecule has 95 heavy (non-hydrogen) atoms. The Hall–Kier alpha value is -8.80. The molecule has 0 bridgehead atoms. The lowest BCUT2D eigenvalue weighted by Crippen LogP contribution is -2.29. The van der Waals surface area contributed by atoms with Crippen LogP contribution >= 0.6 is 0 Å². The van der Waals surface area contributed by atoms with Crippen molar-refractivity contribution in [1.29, 1.82) is 0 Å². The molecule has 19 heteroatoms. The van der Waals surface area contributed by atoms with Crippen LogP contribution in [-0.4, -0.2) is 91.8 Å². The van der Waals surface area contributed by atoms with Gasteiger partial charge in [0.1, 0.15) is 88.7 Å². The van der Waals surface area contributed by atoms with Gasteiger partial charge < -0.3 is 93.5 Å². The van der Waals surface area contributed by atoms with Gasteiger partial charge in [-0.1, -0.05) is 86.6 Å². The van der Waals surface area contributed by atoms with Crippen molar-refractivity contribution in [2.45, 2.75) is 146 Å². The molecule has 19 nitrogen and oxygen atoms in total. The zero-order valence-corrected chi connectivity index (χ0v) is 52.8. The molecular formula is C76H92O19. The van der Waals surface area contributed by atoms with Gasteiger partial charge in [-0.2, -0.15) is 0 Å². The Morgan fingerprint density at radius 1 is 0.358 bits per heavy atom. The molecule has 0 aliphatic rings. The molecule has 10 rings (SSSR count). The highest BCUT2D eigenvalue weighted by Gasteiger charge is 2.26. The highest BCUT2D eigenvalue weighted by atomic mass is 16.5. The molecule has 4 unspecified atom stereocenters. The van der Waals surface area contributed by atoms with Gasteiger partial charge in [0.25, 0.3) is 0 Å². The van der Waals surface area contributed by atoms with E-state index in [1.807, 2.05) is 113 Å². The van der Waals surface area contributed by atoms with Crippen LogP contribution in [0.15, 0.2) is 176 Å². The Labute approximate surface area is 554 Å². The molecule has 0 saturated heterocycles. The number of phenols is 2. The maximum atomic E-state index is 11.4. The van der Waals surface area contributed by atoms with E-state index in [1.165, 1.54) is 12.1 Å². The van der Waals surface area contributed by atoms with Crippen LogP contribution in [0, 0.1) is 34.6 Å². The summed E-state index contributed by atoms with van der Waals surface area (Å²) in [7, 11) is 0. The maximum absolute atomic E-state index is 11.4. The SMILES string of the molecule is C.C.Cc1ccc(OC(CO)C(O)c2ccc(C)c(C)c2)c(Cc2cc(CO)cc(Cc3ccc(Cc4ccc(CO)o4)o3)c2O)c1.Cc1ccc(OC(CO)C(O)c2ccc(C)c(CO)c2)cc1.OCc1cc(CO)c(O)c(CO)c1.OCc1ccc(Cc2ccco2)o1. The van der Waals surface area contributed by atoms with Gasteiger partial charge in [0, 0.05) is 29.5 Å². The molecular weight excluding hydrogens is 1220 g/mol. The Morgan fingerprint density at radius 2 is 0.811 bits per heavy atom. The fourth-order valence-electron chi connectivity index (χ4n) is 10.1. The van der Waals surface area contributed by atoms with E-state index >= 15 is 0 Å². The van der Waals surface area contributed by atoms with Crippen molar-refractivity contribution < 1.29 is 93.5 Å². The van der Waals surface area contributed by atoms with E-state index in [0.29, 0.717) is 104 Å². The summed E-state index contributed by atoms with van der Waals surface area (Å²) in [5, 5.41) is 126. The van der Waals surface area contributed by atoms with Gasteiger partial charge in [0.05, 0.1) is 65.4 Å². The lowest BCUT2D eigenvalue weighted by Gasteiger charge is -2.25. The Bertz CT molecular complexity index is 3870. The normalized spacial score (nSPS) is 12.1. The molecule has 13 N–H and O–H groups in total.